The highest BCUT2D eigenvalue weighted by molar-refractivity contribution is 5.95. The maximum atomic E-state index is 12.1. The fourth-order valence-corrected chi connectivity index (χ4v) is 2.04. The first-order chi connectivity index (χ1) is 10.0. The summed E-state index contributed by atoms with van der Waals surface area (Å²) >= 11 is 0. The lowest BCUT2D eigenvalue weighted by Crippen LogP contribution is -2.40. The Kier molecular flexibility index (Phi) is 4.13. The van der Waals surface area contributed by atoms with Crippen molar-refractivity contribution >= 4 is 23.2 Å². The molecule has 108 valence electrons. The molecule has 0 aliphatic carbocycles. The number of non-ortho nitro benzene ring substituents is 1. The summed E-state index contributed by atoms with van der Waals surface area (Å²) in [7, 11) is 0. The van der Waals surface area contributed by atoms with Crippen molar-refractivity contribution in [3.63, 3.8) is 0 Å². The highest BCUT2D eigenvalue weighted by Crippen LogP contribution is 2.22. The maximum Gasteiger partial charge on any atom is 0.270 e. The molecule has 2 N–H and O–H groups in total. The van der Waals surface area contributed by atoms with Crippen LogP contribution < -0.4 is 10.6 Å². The number of rotatable bonds is 3. The van der Waals surface area contributed by atoms with Crippen molar-refractivity contribution in [1.82, 2.24) is 5.32 Å². The molecule has 0 radical (unpaired) electrons. The van der Waals surface area contributed by atoms with Crippen LogP contribution in [0.3, 0.4) is 0 Å². The first-order valence-corrected chi connectivity index (χ1v) is 6.27. The Labute approximate surface area is 119 Å². The summed E-state index contributed by atoms with van der Waals surface area (Å²) in [6.45, 7) is 0.250. The largest absolute Gasteiger partial charge is 0.355 e. The molecule has 2 amide bonds. The van der Waals surface area contributed by atoms with Gasteiger partial charge in [0, 0.05) is 25.1 Å². The van der Waals surface area contributed by atoms with E-state index < -0.39 is 4.92 Å². The fourth-order valence-electron chi connectivity index (χ4n) is 2.04. The summed E-state index contributed by atoms with van der Waals surface area (Å²) in [6, 6.07) is 5.48. The average Bonchev–Trinajstić information content (AvgIpc) is 2.48. The summed E-state index contributed by atoms with van der Waals surface area (Å²) < 4.78 is 0. The van der Waals surface area contributed by atoms with Crippen LogP contribution in [0.25, 0.3) is 0 Å². The third-order valence-corrected chi connectivity index (χ3v) is 3.23. The van der Waals surface area contributed by atoms with E-state index in [1.807, 2.05) is 6.07 Å². The Bertz CT molecular complexity index is 640. The zero-order valence-electron chi connectivity index (χ0n) is 11.0. The number of anilines is 1. The van der Waals surface area contributed by atoms with Gasteiger partial charge in [-0.1, -0.05) is 0 Å². The van der Waals surface area contributed by atoms with Crippen molar-refractivity contribution in [2.24, 2.45) is 5.92 Å². The maximum absolute atomic E-state index is 12.1. The first kappa shape index (κ1) is 14.5. The minimum absolute atomic E-state index is 0.0254. The minimum Gasteiger partial charge on any atom is -0.355 e. The number of nitriles is 1. The average molecular weight is 288 g/mol. The van der Waals surface area contributed by atoms with Gasteiger partial charge in [-0.2, -0.15) is 5.26 Å². The molecule has 2 rings (SSSR count). The molecule has 1 aromatic rings. The number of hydrogen-bond donors (Lipinski definition) is 2. The van der Waals surface area contributed by atoms with Gasteiger partial charge in [0.1, 0.15) is 6.07 Å². The van der Waals surface area contributed by atoms with Gasteiger partial charge in [0.05, 0.1) is 22.1 Å². The summed E-state index contributed by atoms with van der Waals surface area (Å²) in [4.78, 5) is 33.1. The Morgan fingerprint density at radius 1 is 1.52 bits per heavy atom. The second-order valence-electron chi connectivity index (χ2n) is 4.63. The van der Waals surface area contributed by atoms with Crippen LogP contribution in [0.15, 0.2) is 18.2 Å². The van der Waals surface area contributed by atoms with Crippen LogP contribution in [0.2, 0.25) is 0 Å². The molecule has 21 heavy (non-hydrogen) atoms. The summed E-state index contributed by atoms with van der Waals surface area (Å²) in [6.07, 6.45) is 0.718. The molecule has 1 saturated heterocycles. The molecular formula is C13H12N4O4. The number of nitrogens with zero attached hydrogens (tertiary/aromatic N) is 2. The highest BCUT2D eigenvalue weighted by atomic mass is 16.6. The summed E-state index contributed by atoms with van der Waals surface area (Å²) in [5.74, 6) is -0.781. The van der Waals surface area contributed by atoms with Crippen molar-refractivity contribution in [1.29, 1.82) is 5.26 Å². The van der Waals surface area contributed by atoms with E-state index in [2.05, 4.69) is 10.6 Å². The van der Waals surface area contributed by atoms with Gasteiger partial charge in [-0.3, -0.25) is 19.7 Å². The molecule has 0 aromatic heterocycles. The van der Waals surface area contributed by atoms with Gasteiger partial charge in [0.2, 0.25) is 11.8 Å². The van der Waals surface area contributed by atoms with Crippen LogP contribution in [0, 0.1) is 27.4 Å². The van der Waals surface area contributed by atoms with Gasteiger partial charge in [0.25, 0.3) is 5.69 Å². The first-order valence-electron chi connectivity index (χ1n) is 6.27. The monoisotopic (exact) mass is 288 g/mol. The molecule has 1 fully saturated rings. The lowest BCUT2D eigenvalue weighted by atomic mass is 9.98. The molecule has 1 atom stereocenters. The number of carbonyl (C=O) groups is 2. The second-order valence-corrected chi connectivity index (χ2v) is 4.63. The predicted octanol–water partition coefficient (Wildman–Crippen LogP) is 0.931. The van der Waals surface area contributed by atoms with E-state index in [4.69, 9.17) is 5.26 Å². The number of nitro benzene ring substituents is 1. The van der Waals surface area contributed by atoms with Crippen LogP contribution in [-0.4, -0.2) is 23.3 Å². The lowest BCUT2D eigenvalue weighted by Gasteiger charge is -2.21. The van der Waals surface area contributed by atoms with Crippen molar-refractivity contribution in [2.75, 3.05) is 11.9 Å². The standard InChI is InChI=1S/C13H12N4O4/c14-6-9-5-10(17(20)21)2-3-11(9)16-13(19)8-1-4-12(18)15-7-8/h2-3,5,8H,1,4,7H2,(H,15,18)(H,16,19). The Hall–Kier alpha value is -2.95. The van der Waals surface area contributed by atoms with Crippen molar-refractivity contribution in [3.05, 3.63) is 33.9 Å². The number of nitrogens with one attached hydrogen (secondary N) is 2. The number of nitro groups is 1. The Balaban J connectivity index is 2.12. The zero-order chi connectivity index (χ0) is 15.4. The van der Waals surface area contributed by atoms with E-state index in [9.17, 15) is 19.7 Å². The van der Waals surface area contributed by atoms with E-state index >= 15 is 0 Å². The van der Waals surface area contributed by atoms with E-state index in [-0.39, 0.29) is 47.6 Å². The SMILES string of the molecule is N#Cc1cc([N+](=O)[O-])ccc1NC(=O)C1CCC(=O)NC1. The molecule has 0 bridgehead atoms. The number of benzene rings is 1. The molecule has 0 spiro atoms. The van der Waals surface area contributed by atoms with Gasteiger partial charge in [0.15, 0.2) is 0 Å². The highest BCUT2D eigenvalue weighted by Gasteiger charge is 2.25. The van der Waals surface area contributed by atoms with E-state index in [0.29, 0.717) is 6.42 Å². The van der Waals surface area contributed by atoms with Crippen LogP contribution >= 0.6 is 0 Å². The quantitative estimate of drug-likeness (QED) is 0.632. The molecule has 1 aromatic carbocycles. The summed E-state index contributed by atoms with van der Waals surface area (Å²) in [5, 5.41) is 24.8. The van der Waals surface area contributed by atoms with Crippen LogP contribution in [0.5, 0.6) is 0 Å². The Morgan fingerprint density at radius 2 is 2.29 bits per heavy atom. The predicted molar refractivity (Wildman–Crippen MR) is 72.2 cm³/mol. The molecular weight excluding hydrogens is 276 g/mol. The van der Waals surface area contributed by atoms with Crippen molar-refractivity contribution < 1.29 is 14.5 Å². The Morgan fingerprint density at radius 3 is 2.86 bits per heavy atom. The molecule has 0 saturated carbocycles. The van der Waals surface area contributed by atoms with Gasteiger partial charge >= 0.3 is 0 Å². The third kappa shape index (κ3) is 3.33. The molecule has 1 aliphatic rings. The lowest BCUT2D eigenvalue weighted by molar-refractivity contribution is -0.384. The van der Waals surface area contributed by atoms with E-state index in [1.165, 1.54) is 12.1 Å². The van der Waals surface area contributed by atoms with E-state index in [1.54, 1.807) is 0 Å². The fraction of sp³-hybridized carbons (Fsp3) is 0.308. The summed E-state index contributed by atoms with van der Waals surface area (Å²) in [5.41, 5.74) is 0.0388. The molecule has 8 nitrogen and oxygen atoms in total. The molecule has 1 heterocycles. The third-order valence-electron chi connectivity index (χ3n) is 3.23. The smallest absolute Gasteiger partial charge is 0.270 e. The second kappa shape index (κ2) is 6.00. The number of carbonyl (C=O) groups excluding carboxylic acids is 2. The zero-order valence-corrected chi connectivity index (χ0v) is 11.0. The number of amides is 2. The van der Waals surface area contributed by atoms with Crippen LogP contribution in [0.4, 0.5) is 11.4 Å². The van der Waals surface area contributed by atoms with Crippen LogP contribution in [0.1, 0.15) is 18.4 Å². The van der Waals surface area contributed by atoms with Crippen molar-refractivity contribution in [3.8, 4) is 6.07 Å². The molecule has 1 aliphatic heterocycles. The number of piperidine rings is 1. The van der Waals surface area contributed by atoms with Crippen molar-refractivity contribution in [2.45, 2.75) is 12.8 Å². The van der Waals surface area contributed by atoms with E-state index in [0.717, 1.165) is 6.07 Å². The normalized spacial score (nSPS) is 17.5. The van der Waals surface area contributed by atoms with Gasteiger partial charge in [-0.15, -0.1) is 0 Å². The minimum atomic E-state index is -0.608. The molecule has 1 unspecified atom stereocenters. The molecule has 8 heteroatoms. The topological polar surface area (TPSA) is 125 Å². The van der Waals surface area contributed by atoms with Gasteiger partial charge < -0.3 is 10.6 Å². The van der Waals surface area contributed by atoms with Crippen LogP contribution in [-0.2, 0) is 9.59 Å². The van der Waals surface area contributed by atoms with Gasteiger partial charge in [-0.05, 0) is 12.5 Å². The van der Waals surface area contributed by atoms with Gasteiger partial charge in [-0.25, -0.2) is 0 Å². The number of hydrogen-bond acceptors (Lipinski definition) is 5.